The molecule has 0 amide bonds. The van der Waals surface area contributed by atoms with Crippen LogP contribution in [0.2, 0.25) is 0 Å². The molecule has 0 bridgehead atoms. The van der Waals surface area contributed by atoms with Gasteiger partial charge in [0.05, 0.1) is 6.07 Å². The molecule has 2 heteroatoms. The Balaban J connectivity index is 2.14. The first-order chi connectivity index (χ1) is 8.72. The van der Waals surface area contributed by atoms with Crippen molar-refractivity contribution < 1.29 is 0 Å². The number of rotatable bonds is 4. The fourth-order valence-corrected chi connectivity index (χ4v) is 2.06. The molecule has 0 heterocycles. The van der Waals surface area contributed by atoms with Crippen LogP contribution in [0.3, 0.4) is 0 Å². The van der Waals surface area contributed by atoms with Gasteiger partial charge in [-0.2, -0.15) is 5.26 Å². The molecule has 2 aromatic carbocycles. The van der Waals surface area contributed by atoms with Crippen molar-refractivity contribution in [3.8, 4) is 6.07 Å². The van der Waals surface area contributed by atoms with Crippen LogP contribution in [0.25, 0.3) is 0 Å². The quantitative estimate of drug-likeness (QED) is 0.887. The summed E-state index contributed by atoms with van der Waals surface area (Å²) in [5.74, 6) is 0. The van der Waals surface area contributed by atoms with Crippen LogP contribution in [0.1, 0.15) is 11.1 Å². The third-order valence-electron chi connectivity index (χ3n) is 2.95. The van der Waals surface area contributed by atoms with Crippen molar-refractivity contribution in [2.75, 3.05) is 0 Å². The maximum atomic E-state index is 9.33. The summed E-state index contributed by atoms with van der Waals surface area (Å²) in [6.07, 6.45) is 1.14. The highest BCUT2D eigenvalue weighted by Crippen LogP contribution is 2.16. The van der Waals surface area contributed by atoms with Gasteiger partial charge in [0.1, 0.15) is 5.54 Å². The van der Waals surface area contributed by atoms with Gasteiger partial charge in [-0.1, -0.05) is 60.7 Å². The SMILES string of the molecule is N#CC(N)(Cc1ccccc1)Cc1ccccc1. The molecular weight excluding hydrogens is 220 g/mol. The van der Waals surface area contributed by atoms with Gasteiger partial charge < -0.3 is 5.73 Å². The Labute approximate surface area is 108 Å². The summed E-state index contributed by atoms with van der Waals surface area (Å²) < 4.78 is 0. The zero-order valence-electron chi connectivity index (χ0n) is 10.2. The van der Waals surface area contributed by atoms with Crippen LogP contribution in [0.5, 0.6) is 0 Å². The van der Waals surface area contributed by atoms with Gasteiger partial charge in [0.2, 0.25) is 0 Å². The summed E-state index contributed by atoms with van der Waals surface area (Å²) in [6.45, 7) is 0. The highest BCUT2D eigenvalue weighted by Gasteiger charge is 2.25. The number of benzene rings is 2. The molecule has 0 aliphatic rings. The Hall–Kier alpha value is -2.11. The molecule has 0 fully saturated rings. The minimum absolute atomic E-state index is 0.569. The van der Waals surface area contributed by atoms with Gasteiger partial charge in [0.15, 0.2) is 0 Å². The lowest BCUT2D eigenvalue weighted by molar-refractivity contribution is 0.535. The third kappa shape index (κ3) is 3.19. The molecule has 18 heavy (non-hydrogen) atoms. The number of nitriles is 1. The first-order valence-electron chi connectivity index (χ1n) is 6.00. The van der Waals surface area contributed by atoms with E-state index in [0.29, 0.717) is 12.8 Å². The van der Waals surface area contributed by atoms with Crippen LogP contribution >= 0.6 is 0 Å². The van der Waals surface area contributed by atoms with Crippen LogP contribution in [0.4, 0.5) is 0 Å². The zero-order chi connectivity index (χ0) is 12.8. The molecule has 90 valence electrons. The fraction of sp³-hybridized carbons (Fsp3) is 0.188. The third-order valence-corrected chi connectivity index (χ3v) is 2.95. The molecule has 0 spiro atoms. The van der Waals surface area contributed by atoms with E-state index in [2.05, 4.69) is 6.07 Å². The lowest BCUT2D eigenvalue weighted by Crippen LogP contribution is -2.42. The highest BCUT2D eigenvalue weighted by molar-refractivity contribution is 5.26. The van der Waals surface area contributed by atoms with Gasteiger partial charge in [0.25, 0.3) is 0 Å². The molecule has 0 aromatic heterocycles. The van der Waals surface area contributed by atoms with E-state index in [-0.39, 0.29) is 0 Å². The summed E-state index contributed by atoms with van der Waals surface area (Å²) >= 11 is 0. The molecule has 2 nitrogen and oxygen atoms in total. The Morgan fingerprint density at radius 2 is 1.22 bits per heavy atom. The van der Waals surface area contributed by atoms with Crippen LogP contribution in [0.15, 0.2) is 60.7 Å². The van der Waals surface area contributed by atoms with E-state index in [1.165, 1.54) is 0 Å². The summed E-state index contributed by atoms with van der Waals surface area (Å²) in [5.41, 5.74) is 7.55. The molecule has 0 aliphatic carbocycles. The standard InChI is InChI=1S/C16H16N2/c17-13-16(18,11-14-7-3-1-4-8-14)12-15-9-5-2-6-10-15/h1-10H,11-12,18H2. The normalized spacial score (nSPS) is 10.9. The minimum atomic E-state index is -0.845. The maximum absolute atomic E-state index is 9.33. The van der Waals surface area contributed by atoms with Gasteiger partial charge in [-0.15, -0.1) is 0 Å². The Morgan fingerprint density at radius 3 is 1.56 bits per heavy atom. The zero-order valence-corrected chi connectivity index (χ0v) is 10.2. The summed E-state index contributed by atoms with van der Waals surface area (Å²) in [5, 5.41) is 9.33. The van der Waals surface area contributed by atoms with Gasteiger partial charge in [-0.05, 0) is 11.1 Å². The maximum Gasteiger partial charge on any atom is 0.112 e. The number of nitrogens with zero attached hydrogens (tertiary/aromatic N) is 1. The molecule has 0 aliphatic heterocycles. The molecule has 0 saturated carbocycles. The van der Waals surface area contributed by atoms with E-state index < -0.39 is 5.54 Å². The topological polar surface area (TPSA) is 49.8 Å². The molecule has 0 atom stereocenters. The van der Waals surface area contributed by atoms with Gasteiger partial charge in [-0.3, -0.25) is 0 Å². The lowest BCUT2D eigenvalue weighted by Gasteiger charge is -2.21. The van der Waals surface area contributed by atoms with Crippen molar-refractivity contribution in [3.05, 3.63) is 71.8 Å². The molecule has 0 unspecified atom stereocenters. The van der Waals surface area contributed by atoms with Crippen molar-refractivity contribution in [2.45, 2.75) is 18.4 Å². The van der Waals surface area contributed by atoms with Crippen molar-refractivity contribution >= 4 is 0 Å². The van der Waals surface area contributed by atoms with Crippen LogP contribution in [-0.2, 0) is 12.8 Å². The highest BCUT2D eigenvalue weighted by atomic mass is 14.7. The van der Waals surface area contributed by atoms with E-state index in [1.807, 2.05) is 60.7 Å². The average molecular weight is 236 g/mol. The first kappa shape index (κ1) is 12.3. The van der Waals surface area contributed by atoms with E-state index in [9.17, 15) is 5.26 Å². The smallest absolute Gasteiger partial charge is 0.112 e. The van der Waals surface area contributed by atoms with E-state index >= 15 is 0 Å². The second-order valence-corrected chi connectivity index (χ2v) is 4.59. The second kappa shape index (κ2) is 5.48. The predicted molar refractivity (Wildman–Crippen MR) is 72.8 cm³/mol. The molecule has 2 rings (SSSR count). The molecule has 0 saturated heterocycles. The van der Waals surface area contributed by atoms with E-state index in [4.69, 9.17) is 5.73 Å². The fourth-order valence-electron chi connectivity index (χ4n) is 2.06. The predicted octanol–water partition coefficient (Wildman–Crippen LogP) is 2.69. The van der Waals surface area contributed by atoms with Gasteiger partial charge in [-0.25, -0.2) is 0 Å². The van der Waals surface area contributed by atoms with Crippen molar-refractivity contribution in [1.29, 1.82) is 5.26 Å². The van der Waals surface area contributed by atoms with Crippen LogP contribution in [0, 0.1) is 11.3 Å². The van der Waals surface area contributed by atoms with Crippen LogP contribution < -0.4 is 5.73 Å². The number of hydrogen-bond acceptors (Lipinski definition) is 2. The number of nitrogens with two attached hydrogens (primary N) is 1. The van der Waals surface area contributed by atoms with Crippen molar-refractivity contribution in [1.82, 2.24) is 0 Å². The summed E-state index contributed by atoms with van der Waals surface area (Å²) in [6, 6.07) is 22.1. The molecule has 2 N–H and O–H groups in total. The minimum Gasteiger partial charge on any atom is -0.313 e. The Kier molecular flexibility index (Phi) is 3.76. The van der Waals surface area contributed by atoms with E-state index in [0.717, 1.165) is 11.1 Å². The van der Waals surface area contributed by atoms with Crippen molar-refractivity contribution in [2.24, 2.45) is 5.73 Å². The van der Waals surface area contributed by atoms with E-state index in [1.54, 1.807) is 0 Å². The van der Waals surface area contributed by atoms with Gasteiger partial charge >= 0.3 is 0 Å². The first-order valence-corrected chi connectivity index (χ1v) is 6.00. The van der Waals surface area contributed by atoms with Crippen LogP contribution in [-0.4, -0.2) is 5.54 Å². The Bertz CT molecular complexity index is 485. The summed E-state index contributed by atoms with van der Waals surface area (Å²) in [4.78, 5) is 0. The monoisotopic (exact) mass is 236 g/mol. The summed E-state index contributed by atoms with van der Waals surface area (Å²) in [7, 11) is 0. The molecule has 2 aromatic rings. The lowest BCUT2D eigenvalue weighted by atomic mass is 9.87. The van der Waals surface area contributed by atoms with Gasteiger partial charge in [0, 0.05) is 12.8 Å². The largest absolute Gasteiger partial charge is 0.313 e. The van der Waals surface area contributed by atoms with Crippen molar-refractivity contribution in [3.63, 3.8) is 0 Å². The second-order valence-electron chi connectivity index (χ2n) is 4.59. The molecular formula is C16H16N2. The Morgan fingerprint density at radius 1 is 0.833 bits per heavy atom. The average Bonchev–Trinajstić information content (AvgIpc) is 2.41. The number of hydrogen-bond donors (Lipinski definition) is 1. The molecule has 0 radical (unpaired) electrons.